The lowest BCUT2D eigenvalue weighted by molar-refractivity contribution is -0.384. The highest BCUT2D eigenvalue weighted by atomic mass is 35.5. The van der Waals surface area contributed by atoms with Crippen LogP contribution in [0.3, 0.4) is 0 Å². The minimum atomic E-state index is -0.602. The largest absolute Gasteiger partial charge is 0.289 e. The first kappa shape index (κ1) is 21.3. The average molecular weight is 418 g/mol. The molecule has 0 saturated heterocycles. The molecule has 6 nitrogen and oxygen atoms in total. The number of nitro benzene ring substituents is 1. The lowest BCUT2D eigenvalue weighted by Crippen LogP contribution is -1.96. The van der Waals surface area contributed by atoms with Gasteiger partial charge in [-0.2, -0.15) is 5.10 Å². The molecule has 1 heterocycles. The fourth-order valence-electron chi connectivity index (χ4n) is 2.26. The number of halogens is 2. The predicted octanol–water partition coefficient (Wildman–Crippen LogP) is 6.21. The Morgan fingerprint density at radius 2 is 1.79 bits per heavy atom. The van der Waals surface area contributed by atoms with Crippen molar-refractivity contribution in [2.75, 3.05) is 0 Å². The van der Waals surface area contributed by atoms with Crippen LogP contribution in [-0.2, 0) is 0 Å². The number of aromatic amines is 1. The van der Waals surface area contributed by atoms with Crippen LogP contribution in [0.2, 0.25) is 10.0 Å². The fraction of sp³-hybridized carbons (Fsp3) is 0.100. The molecular formula is C20H17Cl2N3O3. The third-order valence-corrected chi connectivity index (χ3v) is 4.14. The Hall–Kier alpha value is -2.96. The van der Waals surface area contributed by atoms with E-state index in [4.69, 9.17) is 23.2 Å². The minimum Gasteiger partial charge on any atom is -0.289 e. The Labute approximate surface area is 172 Å². The van der Waals surface area contributed by atoms with Crippen LogP contribution in [-0.4, -0.2) is 20.9 Å². The van der Waals surface area contributed by atoms with Gasteiger partial charge in [-0.1, -0.05) is 49.2 Å². The number of carbonyl (C=O) groups is 1. The van der Waals surface area contributed by atoms with Gasteiger partial charge in [0.25, 0.3) is 5.69 Å². The van der Waals surface area contributed by atoms with E-state index in [0.717, 1.165) is 5.56 Å². The molecule has 3 rings (SSSR count). The summed E-state index contributed by atoms with van der Waals surface area (Å²) in [6, 6.07) is 12.9. The van der Waals surface area contributed by atoms with Crippen LogP contribution in [0.15, 0.2) is 54.6 Å². The zero-order valence-corrected chi connectivity index (χ0v) is 16.7. The number of nitro groups is 1. The normalized spacial score (nSPS) is 10.4. The number of nitrogens with one attached hydrogen (secondary N) is 1. The van der Waals surface area contributed by atoms with Crippen molar-refractivity contribution < 1.29 is 9.72 Å². The summed E-state index contributed by atoms with van der Waals surface area (Å²) in [5.41, 5.74) is 2.25. The Bertz CT molecular complexity index is 1010. The van der Waals surface area contributed by atoms with Crippen molar-refractivity contribution >= 4 is 40.7 Å². The van der Waals surface area contributed by atoms with E-state index in [9.17, 15) is 14.9 Å². The Morgan fingerprint density at radius 3 is 2.39 bits per heavy atom. The van der Waals surface area contributed by atoms with Gasteiger partial charge in [-0.25, -0.2) is 0 Å². The highest BCUT2D eigenvalue weighted by Crippen LogP contribution is 2.25. The summed E-state index contributed by atoms with van der Waals surface area (Å²) in [5.74, 6) is -0.329. The molecule has 0 aliphatic rings. The molecule has 0 amide bonds. The van der Waals surface area contributed by atoms with Gasteiger partial charge in [-0.3, -0.25) is 20.0 Å². The van der Waals surface area contributed by atoms with E-state index in [0.29, 0.717) is 16.4 Å². The number of rotatable bonds is 5. The number of H-pyrrole nitrogens is 1. The second-order valence-electron chi connectivity index (χ2n) is 5.34. The van der Waals surface area contributed by atoms with Crippen LogP contribution in [0.25, 0.3) is 17.3 Å². The van der Waals surface area contributed by atoms with Crippen LogP contribution < -0.4 is 0 Å². The number of allylic oxidation sites excluding steroid dienone is 1. The summed E-state index contributed by atoms with van der Waals surface area (Å²) in [5, 5.41) is 18.3. The number of nitrogens with zero attached hydrogens (tertiary/aromatic N) is 2. The van der Waals surface area contributed by atoms with E-state index >= 15 is 0 Å². The lowest BCUT2D eigenvalue weighted by atomic mass is 10.1. The van der Waals surface area contributed by atoms with Gasteiger partial charge in [0.15, 0.2) is 5.78 Å². The Balaban J connectivity index is 0.00000136. The van der Waals surface area contributed by atoms with Gasteiger partial charge in [-0.05, 0) is 42.5 Å². The van der Waals surface area contributed by atoms with E-state index < -0.39 is 4.92 Å². The van der Waals surface area contributed by atoms with E-state index in [1.807, 2.05) is 26.0 Å². The summed E-state index contributed by atoms with van der Waals surface area (Å²) < 4.78 is 0. The maximum absolute atomic E-state index is 12.2. The summed E-state index contributed by atoms with van der Waals surface area (Å²) in [6.45, 7) is 4.00. The van der Waals surface area contributed by atoms with Crippen molar-refractivity contribution in [1.82, 2.24) is 10.2 Å². The number of ketones is 1. The second-order valence-corrected chi connectivity index (χ2v) is 6.18. The molecule has 144 valence electrons. The number of aromatic nitrogens is 2. The molecule has 0 atom stereocenters. The van der Waals surface area contributed by atoms with Gasteiger partial charge in [0.1, 0.15) is 5.02 Å². The van der Waals surface area contributed by atoms with E-state index in [2.05, 4.69) is 10.2 Å². The van der Waals surface area contributed by atoms with Gasteiger partial charge in [0.2, 0.25) is 0 Å². The van der Waals surface area contributed by atoms with Crippen LogP contribution in [0.4, 0.5) is 5.69 Å². The first-order valence-corrected chi connectivity index (χ1v) is 9.17. The second kappa shape index (κ2) is 9.82. The van der Waals surface area contributed by atoms with E-state index in [1.54, 1.807) is 24.3 Å². The molecule has 0 saturated carbocycles. The maximum atomic E-state index is 12.2. The van der Waals surface area contributed by atoms with Crippen LogP contribution in [0.1, 0.15) is 29.9 Å². The lowest BCUT2D eigenvalue weighted by Gasteiger charge is -1.98. The molecule has 0 fully saturated rings. The number of benzene rings is 2. The summed E-state index contributed by atoms with van der Waals surface area (Å²) >= 11 is 11.7. The number of carbonyl (C=O) groups excluding carboxylic acids is 1. The highest BCUT2D eigenvalue weighted by molar-refractivity contribution is 6.33. The van der Waals surface area contributed by atoms with Crippen molar-refractivity contribution in [3.8, 4) is 11.3 Å². The third kappa shape index (κ3) is 5.28. The van der Waals surface area contributed by atoms with Gasteiger partial charge < -0.3 is 0 Å². The van der Waals surface area contributed by atoms with Gasteiger partial charge in [0.05, 0.1) is 16.3 Å². The van der Waals surface area contributed by atoms with Gasteiger partial charge in [0, 0.05) is 22.2 Å². The predicted molar refractivity (Wildman–Crippen MR) is 112 cm³/mol. The molecular weight excluding hydrogens is 401 g/mol. The molecule has 0 aliphatic heterocycles. The highest BCUT2D eigenvalue weighted by Gasteiger charge is 2.14. The smallest absolute Gasteiger partial charge is 0.287 e. The molecule has 1 N–H and O–H groups in total. The molecule has 28 heavy (non-hydrogen) atoms. The molecule has 2 aromatic carbocycles. The zero-order valence-electron chi connectivity index (χ0n) is 15.1. The molecule has 8 heteroatoms. The minimum absolute atomic E-state index is 0.0826. The summed E-state index contributed by atoms with van der Waals surface area (Å²) in [7, 11) is 0. The van der Waals surface area contributed by atoms with Crippen LogP contribution >= 0.6 is 23.2 Å². The zero-order chi connectivity index (χ0) is 20.7. The molecule has 0 unspecified atom stereocenters. The van der Waals surface area contributed by atoms with Crippen molar-refractivity contribution in [1.29, 1.82) is 0 Å². The molecule has 3 aromatic rings. The summed E-state index contributed by atoms with van der Waals surface area (Å²) in [4.78, 5) is 22.4. The Kier molecular flexibility index (Phi) is 7.49. The van der Waals surface area contributed by atoms with Crippen molar-refractivity contribution in [2.45, 2.75) is 13.8 Å². The molecule has 0 radical (unpaired) electrons. The van der Waals surface area contributed by atoms with Crippen molar-refractivity contribution in [3.05, 3.63) is 86.0 Å². The third-order valence-electron chi connectivity index (χ3n) is 3.58. The fourth-order valence-corrected chi connectivity index (χ4v) is 2.64. The molecule has 0 spiro atoms. The molecule has 0 aliphatic carbocycles. The monoisotopic (exact) mass is 417 g/mol. The van der Waals surface area contributed by atoms with Gasteiger partial charge in [-0.15, -0.1) is 0 Å². The van der Waals surface area contributed by atoms with E-state index in [-0.39, 0.29) is 22.1 Å². The average Bonchev–Trinajstić information content (AvgIpc) is 3.17. The number of hydrogen-bond acceptors (Lipinski definition) is 4. The topological polar surface area (TPSA) is 88.9 Å². The van der Waals surface area contributed by atoms with Crippen molar-refractivity contribution in [3.63, 3.8) is 0 Å². The summed E-state index contributed by atoms with van der Waals surface area (Å²) in [6.07, 6.45) is 2.92. The van der Waals surface area contributed by atoms with Crippen molar-refractivity contribution in [2.24, 2.45) is 0 Å². The standard InChI is InChI=1S/C18H11Cl2N3O3.C2H6/c19-13-4-1-11(2-5-13)16-10-14(21-22-16)6-8-18(24)12-3-7-17(23(25)26)15(20)9-12;1-2/h1-10H,(H,21,22);1-2H3/b8-6+;. The molecule has 0 bridgehead atoms. The van der Waals surface area contributed by atoms with Crippen LogP contribution in [0.5, 0.6) is 0 Å². The molecule has 1 aromatic heterocycles. The first-order chi connectivity index (χ1) is 13.4. The maximum Gasteiger partial charge on any atom is 0.287 e. The first-order valence-electron chi connectivity index (χ1n) is 8.42. The van der Waals surface area contributed by atoms with E-state index in [1.165, 1.54) is 24.3 Å². The van der Waals surface area contributed by atoms with Crippen LogP contribution in [0, 0.1) is 10.1 Å². The van der Waals surface area contributed by atoms with Gasteiger partial charge >= 0.3 is 0 Å². The SMILES string of the molecule is CC.O=C(/C=C/c1cc(-c2ccc(Cl)cc2)n[nH]1)c1ccc([N+](=O)[O-])c(Cl)c1. The Morgan fingerprint density at radius 1 is 1.11 bits per heavy atom. The quantitative estimate of drug-likeness (QED) is 0.231. The number of hydrogen-bond donors (Lipinski definition) is 1.